The first-order valence-electron chi connectivity index (χ1n) is 7.93. The van der Waals surface area contributed by atoms with Gasteiger partial charge in [-0.05, 0) is 24.1 Å². The molecule has 1 aliphatic heterocycles. The molecule has 0 bridgehead atoms. The third-order valence-corrected chi connectivity index (χ3v) is 6.03. The van der Waals surface area contributed by atoms with Gasteiger partial charge in [-0.2, -0.15) is 17.0 Å². The summed E-state index contributed by atoms with van der Waals surface area (Å²) in [5.41, 5.74) is 0.890. The minimum absolute atomic E-state index is 0.00681. The molecule has 0 radical (unpaired) electrons. The Kier molecular flexibility index (Phi) is 6.20. The molecule has 0 spiro atoms. The highest BCUT2D eigenvalue weighted by atomic mass is 32.2. The fraction of sp³-hybridized carbons (Fsp3) is 0.562. The molecule has 0 saturated carbocycles. The summed E-state index contributed by atoms with van der Waals surface area (Å²) in [6, 6.07) is 7.43. The quantitative estimate of drug-likeness (QED) is 0.775. The van der Waals surface area contributed by atoms with Gasteiger partial charge in [0.1, 0.15) is 5.75 Å². The van der Waals surface area contributed by atoms with E-state index in [1.54, 1.807) is 12.0 Å². The molecule has 2 rings (SSSR count). The van der Waals surface area contributed by atoms with Crippen LogP contribution in [0.4, 0.5) is 0 Å². The van der Waals surface area contributed by atoms with Gasteiger partial charge in [0.25, 0.3) is 10.2 Å². The van der Waals surface area contributed by atoms with Crippen molar-refractivity contribution in [3.05, 3.63) is 29.8 Å². The second-order valence-electron chi connectivity index (χ2n) is 5.95. The Hall–Kier alpha value is -1.64. The Labute approximate surface area is 144 Å². The Morgan fingerprint density at radius 3 is 2.62 bits per heavy atom. The molecule has 0 atom stereocenters. The number of carbonyl (C=O) groups is 1. The van der Waals surface area contributed by atoms with Crippen molar-refractivity contribution in [1.82, 2.24) is 13.5 Å². The largest absolute Gasteiger partial charge is 0.497 e. The van der Waals surface area contributed by atoms with Crippen molar-refractivity contribution in [1.29, 1.82) is 0 Å². The zero-order valence-electron chi connectivity index (χ0n) is 14.4. The number of hydrogen-bond donors (Lipinski definition) is 0. The lowest BCUT2D eigenvalue weighted by Crippen LogP contribution is -2.42. The van der Waals surface area contributed by atoms with E-state index in [0.717, 1.165) is 11.3 Å². The van der Waals surface area contributed by atoms with E-state index in [4.69, 9.17) is 4.74 Å². The van der Waals surface area contributed by atoms with Crippen molar-refractivity contribution >= 4 is 16.1 Å². The summed E-state index contributed by atoms with van der Waals surface area (Å²) in [5.74, 6) is 0.728. The van der Waals surface area contributed by atoms with E-state index >= 15 is 0 Å². The van der Waals surface area contributed by atoms with E-state index in [1.807, 2.05) is 24.3 Å². The summed E-state index contributed by atoms with van der Waals surface area (Å²) in [6.45, 7) is 1.74. The van der Waals surface area contributed by atoms with Gasteiger partial charge in [-0.1, -0.05) is 12.1 Å². The maximum atomic E-state index is 12.5. The van der Waals surface area contributed by atoms with Crippen molar-refractivity contribution in [3.63, 3.8) is 0 Å². The van der Waals surface area contributed by atoms with Crippen LogP contribution in [0.1, 0.15) is 12.0 Å². The van der Waals surface area contributed by atoms with Crippen LogP contribution in [-0.4, -0.2) is 75.2 Å². The van der Waals surface area contributed by atoms with Gasteiger partial charge < -0.3 is 9.64 Å². The third-order valence-electron chi connectivity index (χ3n) is 4.08. The monoisotopic (exact) mass is 355 g/mol. The standard InChI is InChI=1S/C16H25N3O4S/c1-17(2)24(21,22)19-9-5-8-18(10-11-19)16(20)13-14-6-4-7-15(12-14)23-3/h4,6-7,12H,5,8-11,13H2,1-3H3. The Balaban J connectivity index is 1.99. The van der Waals surface area contributed by atoms with Gasteiger partial charge >= 0.3 is 0 Å². The number of nitrogens with zero attached hydrogens (tertiary/aromatic N) is 3. The molecule has 1 amide bonds. The van der Waals surface area contributed by atoms with Crippen molar-refractivity contribution < 1.29 is 17.9 Å². The number of hydrogen-bond acceptors (Lipinski definition) is 4. The lowest BCUT2D eigenvalue weighted by molar-refractivity contribution is -0.130. The van der Waals surface area contributed by atoms with Gasteiger partial charge in [0.2, 0.25) is 5.91 Å². The van der Waals surface area contributed by atoms with E-state index in [-0.39, 0.29) is 12.3 Å². The molecule has 1 aliphatic rings. The maximum Gasteiger partial charge on any atom is 0.281 e. The number of carbonyl (C=O) groups excluding carboxylic acids is 1. The second kappa shape index (κ2) is 7.96. The predicted octanol–water partition coefficient (Wildman–Crippen LogP) is 0.578. The van der Waals surface area contributed by atoms with Gasteiger partial charge in [-0.3, -0.25) is 4.79 Å². The van der Waals surface area contributed by atoms with Crippen LogP contribution < -0.4 is 4.74 Å². The van der Waals surface area contributed by atoms with Gasteiger partial charge in [0.15, 0.2) is 0 Å². The normalized spacial score (nSPS) is 16.9. The minimum atomic E-state index is -3.43. The van der Waals surface area contributed by atoms with Crippen LogP contribution >= 0.6 is 0 Å². The van der Waals surface area contributed by atoms with Gasteiger partial charge in [0.05, 0.1) is 13.5 Å². The molecule has 0 unspecified atom stereocenters. The molecule has 1 aromatic carbocycles. The van der Waals surface area contributed by atoms with E-state index in [2.05, 4.69) is 0 Å². The number of benzene rings is 1. The summed E-state index contributed by atoms with van der Waals surface area (Å²) < 4.78 is 32.2. The first kappa shape index (κ1) is 18.7. The molecule has 8 heteroatoms. The van der Waals surface area contributed by atoms with E-state index in [1.165, 1.54) is 22.7 Å². The smallest absolute Gasteiger partial charge is 0.281 e. The molecular weight excluding hydrogens is 330 g/mol. The van der Waals surface area contributed by atoms with E-state index in [9.17, 15) is 13.2 Å². The first-order valence-corrected chi connectivity index (χ1v) is 9.32. The summed E-state index contributed by atoms with van der Waals surface area (Å²) >= 11 is 0. The molecule has 1 fully saturated rings. The van der Waals surface area contributed by atoms with Crippen LogP contribution in [0.25, 0.3) is 0 Å². The second-order valence-corrected chi connectivity index (χ2v) is 8.09. The summed E-state index contributed by atoms with van der Waals surface area (Å²) in [4.78, 5) is 14.3. The molecule has 134 valence electrons. The number of ether oxygens (including phenoxy) is 1. The molecular formula is C16H25N3O4S. The van der Waals surface area contributed by atoms with Crippen molar-refractivity contribution in [2.75, 3.05) is 47.4 Å². The molecule has 1 aromatic rings. The maximum absolute atomic E-state index is 12.5. The Morgan fingerprint density at radius 2 is 1.96 bits per heavy atom. The summed E-state index contributed by atoms with van der Waals surface area (Å²) in [7, 11) is 1.20. The highest BCUT2D eigenvalue weighted by molar-refractivity contribution is 7.86. The molecule has 1 heterocycles. The zero-order chi connectivity index (χ0) is 17.7. The highest BCUT2D eigenvalue weighted by Crippen LogP contribution is 2.15. The predicted molar refractivity (Wildman–Crippen MR) is 92.1 cm³/mol. The Morgan fingerprint density at radius 1 is 1.21 bits per heavy atom. The lowest BCUT2D eigenvalue weighted by atomic mass is 10.1. The van der Waals surface area contributed by atoms with Crippen LogP contribution in [0.3, 0.4) is 0 Å². The van der Waals surface area contributed by atoms with Gasteiger partial charge in [-0.15, -0.1) is 0 Å². The van der Waals surface area contributed by atoms with E-state index < -0.39 is 10.2 Å². The number of methoxy groups -OCH3 is 1. The van der Waals surface area contributed by atoms with Crippen molar-refractivity contribution in [2.45, 2.75) is 12.8 Å². The average molecular weight is 355 g/mol. The SMILES string of the molecule is COc1cccc(CC(=O)N2CCCN(S(=O)(=O)N(C)C)CC2)c1. The number of rotatable bonds is 5. The van der Waals surface area contributed by atoms with Crippen molar-refractivity contribution in [2.24, 2.45) is 0 Å². The molecule has 24 heavy (non-hydrogen) atoms. The zero-order valence-corrected chi connectivity index (χ0v) is 15.3. The van der Waals surface area contributed by atoms with Crippen molar-refractivity contribution in [3.8, 4) is 5.75 Å². The molecule has 1 saturated heterocycles. The molecule has 7 nitrogen and oxygen atoms in total. The van der Waals surface area contributed by atoms with Crippen LogP contribution in [0.2, 0.25) is 0 Å². The third kappa shape index (κ3) is 4.46. The fourth-order valence-corrected chi connectivity index (χ4v) is 3.81. The minimum Gasteiger partial charge on any atom is -0.497 e. The number of amides is 1. The fourth-order valence-electron chi connectivity index (χ4n) is 2.67. The summed E-state index contributed by atoms with van der Waals surface area (Å²) in [6.07, 6.45) is 0.925. The topological polar surface area (TPSA) is 70.2 Å². The van der Waals surface area contributed by atoms with Gasteiger partial charge in [-0.25, -0.2) is 0 Å². The molecule has 0 aliphatic carbocycles. The first-order chi connectivity index (χ1) is 11.3. The van der Waals surface area contributed by atoms with Crippen LogP contribution in [0.15, 0.2) is 24.3 Å². The van der Waals surface area contributed by atoms with Crippen LogP contribution in [-0.2, 0) is 21.4 Å². The van der Waals surface area contributed by atoms with Crippen LogP contribution in [0, 0.1) is 0 Å². The molecule has 0 N–H and O–H groups in total. The summed E-state index contributed by atoms with van der Waals surface area (Å²) in [5, 5.41) is 0. The van der Waals surface area contributed by atoms with E-state index in [0.29, 0.717) is 32.6 Å². The lowest BCUT2D eigenvalue weighted by Gasteiger charge is -2.24. The highest BCUT2D eigenvalue weighted by Gasteiger charge is 2.28. The Bertz CT molecular complexity index is 676. The van der Waals surface area contributed by atoms with Crippen LogP contribution in [0.5, 0.6) is 5.75 Å². The van der Waals surface area contributed by atoms with Gasteiger partial charge in [0, 0.05) is 40.3 Å². The molecule has 0 aromatic heterocycles. The average Bonchev–Trinajstić information content (AvgIpc) is 2.81.